The van der Waals surface area contributed by atoms with E-state index in [1.807, 2.05) is 4.90 Å². The minimum Gasteiger partial charge on any atom is -0.404 e. The second-order valence-corrected chi connectivity index (χ2v) is 7.74. The molecule has 3 saturated carbocycles. The Hall–Kier alpha value is -0.585. The summed E-state index contributed by atoms with van der Waals surface area (Å²) in [6.45, 7) is 5.59. The Bertz CT molecular complexity index is 458. The number of rotatable bonds is 2. The van der Waals surface area contributed by atoms with Crippen LogP contribution in [0.1, 0.15) is 39.5 Å². The molecular weight excluding hydrogens is 267 g/mol. The van der Waals surface area contributed by atoms with E-state index in [2.05, 4.69) is 13.8 Å². The average Bonchev–Trinajstić information content (AvgIpc) is 3.11. The van der Waals surface area contributed by atoms with Crippen LogP contribution in [0.4, 0.5) is 0 Å². The number of nitrogens with two attached hydrogens (primary N) is 1. The van der Waals surface area contributed by atoms with Crippen molar-refractivity contribution in [3.05, 3.63) is 0 Å². The molecule has 21 heavy (non-hydrogen) atoms. The Kier molecular flexibility index (Phi) is 3.14. The number of likely N-dealkylation sites (tertiary alicyclic amines) is 1. The summed E-state index contributed by atoms with van der Waals surface area (Å²) in [6, 6.07) is 0. The topological polar surface area (TPSA) is 64.8 Å². The van der Waals surface area contributed by atoms with Crippen LogP contribution in [0.2, 0.25) is 0 Å². The monoisotopic (exact) mass is 292 g/mol. The molecule has 0 radical (unpaired) electrons. The highest BCUT2D eigenvalue weighted by atomic mass is 16.7. The van der Waals surface area contributed by atoms with Gasteiger partial charge in [0.05, 0.1) is 24.7 Å². The fraction of sp³-hybridized carbons (Fsp3) is 0.933. The molecule has 3 aliphatic carbocycles. The van der Waals surface area contributed by atoms with Crippen LogP contribution in [0, 0.1) is 17.3 Å². The van der Waals surface area contributed by atoms with Crippen LogP contribution >= 0.6 is 0 Å². The maximum atomic E-state index is 12.0. The van der Waals surface area contributed by atoms with Crippen molar-refractivity contribution in [1.29, 1.82) is 0 Å². The summed E-state index contributed by atoms with van der Waals surface area (Å²) >= 11 is 0. The summed E-state index contributed by atoms with van der Waals surface area (Å²) in [5, 5.41) is 0. The van der Waals surface area contributed by atoms with Crippen LogP contribution in [0.25, 0.3) is 0 Å². The molecule has 2 heterocycles. The maximum absolute atomic E-state index is 12.0. The van der Waals surface area contributed by atoms with Crippen molar-refractivity contribution in [3.63, 3.8) is 0 Å². The van der Waals surface area contributed by atoms with Gasteiger partial charge in [-0.1, -0.05) is 13.8 Å². The zero-order chi connectivity index (χ0) is 14.8. The first kappa shape index (κ1) is 14.0. The fourth-order valence-electron chi connectivity index (χ4n) is 5.05. The molecule has 5 nitrogen and oxygen atoms in total. The lowest BCUT2D eigenvalue weighted by atomic mass is 9.47. The van der Waals surface area contributed by atoms with Gasteiger partial charge in [0, 0.05) is 6.54 Å². The molecule has 5 unspecified atom stereocenters. The predicted molar refractivity (Wildman–Crippen MR) is 79.3 cm³/mol. The van der Waals surface area contributed by atoms with Crippen LogP contribution in [-0.2, 0) is 14.1 Å². The Morgan fingerprint density at radius 1 is 1.38 bits per heavy atom. The highest BCUT2D eigenvalue weighted by Crippen LogP contribution is 2.61. The van der Waals surface area contributed by atoms with E-state index in [-0.39, 0.29) is 37.7 Å². The van der Waals surface area contributed by atoms with Gasteiger partial charge < -0.3 is 19.9 Å². The van der Waals surface area contributed by atoms with Crippen molar-refractivity contribution in [1.82, 2.24) is 4.90 Å². The summed E-state index contributed by atoms with van der Waals surface area (Å²) < 4.78 is 12.5. The SMILES string of the molecule is CC1(C)C2CC3OB(C4CCCN4C(=O)CN)OC3C1C2. The highest BCUT2D eigenvalue weighted by molar-refractivity contribution is 6.47. The summed E-state index contributed by atoms with van der Waals surface area (Å²) in [7, 11) is -0.242. The first-order valence-electron chi connectivity index (χ1n) is 8.33. The number of hydrogen-bond donors (Lipinski definition) is 1. The summed E-state index contributed by atoms with van der Waals surface area (Å²) in [5.41, 5.74) is 5.91. The number of carbonyl (C=O) groups excluding carboxylic acids is 1. The smallest absolute Gasteiger partial charge is 0.404 e. The Morgan fingerprint density at radius 2 is 2.19 bits per heavy atom. The molecule has 5 aliphatic rings. The fourth-order valence-corrected chi connectivity index (χ4v) is 5.05. The van der Waals surface area contributed by atoms with E-state index in [1.54, 1.807) is 0 Å². The van der Waals surface area contributed by atoms with Gasteiger partial charge in [-0.05, 0) is 42.9 Å². The molecule has 1 amide bonds. The molecule has 116 valence electrons. The molecular formula is C15H25BN2O3. The molecule has 5 fully saturated rings. The Balaban J connectivity index is 1.48. The number of carbonyl (C=O) groups is 1. The lowest BCUT2D eigenvalue weighted by Crippen LogP contribution is -2.59. The van der Waals surface area contributed by atoms with E-state index in [0.717, 1.165) is 31.7 Å². The van der Waals surface area contributed by atoms with Crippen LogP contribution in [0.5, 0.6) is 0 Å². The van der Waals surface area contributed by atoms with Gasteiger partial charge >= 0.3 is 7.12 Å². The minimum absolute atomic E-state index is 0.0178. The largest absolute Gasteiger partial charge is 0.481 e. The molecule has 2 N–H and O–H groups in total. The van der Waals surface area contributed by atoms with Crippen molar-refractivity contribution >= 4 is 13.0 Å². The van der Waals surface area contributed by atoms with E-state index in [9.17, 15) is 4.79 Å². The van der Waals surface area contributed by atoms with Crippen molar-refractivity contribution in [2.24, 2.45) is 23.0 Å². The molecule has 0 aromatic carbocycles. The highest BCUT2D eigenvalue weighted by Gasteiger charge is 2.63. The lowest BCUT2D eigenvalue weighted by Gasteiger charge is -2.60. The summed E-state index contributed by atoms with van der Waals surface area (Å²) in [6.07, 6.45) is 4.84. The molecule has 6 heteroatoms. The van der Waals surface area contributed by atoms with Gasteiger partial charge in [0.15, 0.2) is 0 Å². The Morgan fingerprint density at radius 3 is 2.90 bits per heavy atom. The van der Waals surface area contributed by atoms with Crippen molar-refractivity contribution in [2.75, 3.05) is 13.1 Å². The third-order valence-corrected chi connectivity index (χ3v) is 6.53. The zero-order valence-electron chi connectivity index (χ0n) is 13.0. The van der Waals surface area contributed by atoms with Crippen molar-refractivity contribution in [2.45, 2.75) is 57.7 Å². The van der Waals surface area contributed by atoms with Crippen LogP contribution in [0.3, 0.4) is 0 Å². The normalized spacial score (nSPS) is 43.7. The van der Waals surface area contributed by atoms with E-state index in [4.69, 9.17) is 15.0 Å². The van der Waals surface area contributed by atoms with Gasteiger partial charge in [0.25, 0.3) is 0 Å². The minimum atomic E-state index is -0.242. The van der Waals surface area contributed by atoms with Gasteiger partial charge in [0.2, 0.25) is 5.91 Å². The summed E-state index contributed by atoms with van der Waals surface area (Å²) in [4.78, 5) is 13.8. The van der Waals surface area contributed by atoms with Crippen LogP contribution in [-0.4, -0.2) is 49.2 Å². The molecule has 0 aromatic heterocycles. The zero-order valence-corrected chi connectivity index (χ0v) is 13.0. The lowest BCUT2D eigenvalue weighted by molar-refractivity contribution is -0.150. The first-order chi connectivity index (χ1) is 10.0. The molecule has 5 atom stereocenters. The van der Waals surface area contributed by atoms with Gasteiger partial charge in [0.1, 0.15) is 0 Å². The molecule has 2 bridgehead atoms. The maximum Gasteiger partial charge on any atom is 0.481 e. The van der Waals surface area contributed by atoms with E-state index >= 15 is 0 Å². The molecule has 0 spiro atoms. The number of amides is 1. The van der Waals surface area contributed by atoms with Gasteiger partial charge in [-0.3, -0.25) is 4.79 Å². The van der Waals surface area contributed by atoms with Crippen molar-refractivity contribution < 1.29 is 14.1 Å². The summed E-state index contributed by atoms with van der Waals surface area (Å²) in [5.74, 6) is 1.47. The molecule has 2 saturated heterocycles. The number of nitrogens with zero attached hydrogens (tertiary/aromatic N) is 1. The molecule has 2 aliphatic heterocycles. The van der Waals surface area contributed by atoms with E-state index in [1.165, 1.54) is 6.42 Å². The first-order valence-corrected chi connectivity index (χ1v) is 8.33. The molecule has 0 aromatic rings. The second kappa shape index (κ2) is 4.70. The Labute approximate surface area is 126 Å². The second-order valence-electron chi connectivity index (χ2n) is 7.74. The third kappa shape index (κ3) is 1.92. The van der Waals surface area contributed by atoms with E-state index < -0.39 is 0 Å². The average molecular weight is 292 g/mol. The van der Waals surface area contributed by atoms with Crippen molar-refractivity contribution in [3.8, 4) is 0 Å². The van der Waals surface area contributed by atoms with E-state index in [0.29, 0.717) is 11.3 Å². The van der Waals surface area contributed by atoms with Crippen LogP contribution in [0.15, 0.2) is 0 Å². The van der Waals surface area contributed by atoms with Gasteiger partial charge in [-0.15, -0.1) is 0 Å². The quantitative estimate of drug-likeness (QED) is 0.765. The standard InChI is InChI=1S/C15H25BN2O3/c1-15(2)9-6-10(15)14-11(7-9)20-16(21-14)12-4-3-5-18(12)13(19)8-17/h9-12,14H,3-8,17H2,1-2H3. The van der Waals surface area contributed by atoms with Crippen LogP contribution < -0.4 is 5.73 Å². The predicted octanol–water partition coefficient (Wildman–Crippen LogP) is 0.814. The van der Waals surface area contributed by atoms with Gasteiger partial charge in [-0.25, -0.2) is 0 Å². The third-order valence-electron chi connectivity index (χ3n) is 6.53. The molecule has 5 rings (SSSR count). The van der Waals surface area contributed by atoms with Gasteiger partial charge in [-0.2, -0.15) is 0 Å². The number of hydrogen-bond acceptors (Lipinski definition) is 4.